The van der Waals surface area contributed by atoms with Crippen molar-refractivity contribution in [2.75, 3.05) is 14.2 Å². The lowest BCUT2D eigenvalue weighted by molar-refractivity contribution is 0.0848. The number of hydrogen-bond acceptors (Lipinski definition) is 5. The molecule has 0 aliphatic heterocycles. The van der Waals surface area contributed by atoms with Gasteiger partial charge in [0.05, 0.1) is 19.1 Å². The first-order valence-electron chi connectivity index (χ1n) is 8.20. The summed E-state index contributed by atoms with van der Waals surface area (Å²) in [5.74, 6) is 0.0616. The Morgan fingerprint density at radius 2 is 1.54 bits per heavy atom. The zero-order valence-electron chi connectivity index (χ0n) is 15.1. The smallest absolute Gasteiger partial charge is 0.279 e. The van der Waals surface area contributed by atoms with Crippen molar-refractivity contribution in [3.63, 3.8) is 0 Å². The average Bonchev–Trinajstić information content (AvgIpc) is 3.22. The normalized spacial score (nSPS) is 10.2. The zero-order chi connectivity index (χ0) is 20.1. The van der Waals surface area contributed by atoms with E-state index in [9.17, 15) is 9.59 Å². The SMILES string of the molecule is COc1ccc(C(=O)NNC(=O)c2ccc(-c3ccc(Cl)cc3)s2)cc1OC. The lowest BCUT2D eigenvalue weighted by Crippen LogP contribution is -2.41. The van der Waals surface area contributed by atoms with Crippen molar-refractivity contribution in [3.8, 4) is 21.9 Å². The fraction of sp³-hybridized carbons (Fsp3) is 0.100. The third kappa shape index (κ3) is 4.44. The second-order valence-electron chi connectivity index (χ2n) is 5.65. The minimum absolute atomic E-state index is 0.325. The van der Waals surface area contributed by atoms with Crippen molar-refractivity contribution in [2.24, 2.45) is 0 Å². The Kier molecular flexibility index (Phi) is 6.18. The summed E-state index contributed by atoms with van der Waals surface area (Å²) in [6.45, 7) is 0. The number of rotatable bonds is 5. The Balaban J connectivity index is 1.64. The maximum atomic E-state index is 12.3. The van der Waals surface area contributed by atoms with Gasteiger partial charge in [0.2, 0.25) is 0 Å². The van der Waals surface area contributed by atoms with Crippen LogP contribution in [0.3, 0.4) is 0 Å². The molecule has 0 bridgehead atoms. The number of methoxy groups -OCH3 is 2. The Bertz CT molecular complexity index is 1000. The second-order valence-corrected chi connectivity index (χ2v) is 7.17. The molecule has 1 aromatic heterocycles. The molecule has 0 spiro atoms. The first-order chi connectivity index (χ1) is 13.5. The van der Waals surface area contributed by atoms with Crippen LogP contribution in [-0.2, 0) is 0 Å². The van der Waals surface area contributed by atoms with E-state index in [1.165, 1.54) is 31.6 Å². The molecule has 6 nitrogen and oxygen atoms in total. The van der Waals surface area contributed by atoms with Gasteiger partial charge >= 0.3 is 0 Å². The summed E-state index contributed by atoms with van der Waals surface area (Å²) in [6.07, 6.45) is 0. The first kappa shape index (κ1) is 19.7. The molecule has 0 saturated heterocycles. The van der Waals surface area contributed by atoms with Crippen LogP contribution in [0.15, 0.2) is 54.6 Å². The van der Waals surface area contributed by atoms with Gasteiger partial charge in [0.15, 0.2) is 11.5 Å². The van der Waals surface area contributed by atoms with Crippen LogP contribution < -0.4 is 20.3 Å². The number of hydrogen-bond donors (Lipinski definition) is 2. The van der Waals surface area contributed by atoms with E-state index in [2.05, 4.69) is 10.9 Å². The number of amides is 2. The maximum absolute atomic E-state index is 12.3. The van der Waals surface area contributed by atoms with Gasteiger partial charge in [0.25, 0.3) is 11.8 Å². The molecule has 144 valence electrons. The highest BCUT2D eigenvalue weighted by atomic mass is 35.5. The average molecular weight is 417 g/mol. The van der Waals surface area contributed by atoms with Crippen molar-refractivity contribution in [2.45, 2.75) is 0 Å². The predicted molar refractivity (Wildman–Crippen MR) is 109 cm³/mol. The van der Waals surface area contributed by atoms with E-state index in [1.807, 2.05) is 18.2 Å². The van der Waals surface area contributed by atoms with Crippen LogP contribution in [0.2, 0.25) is 5.02 Å². The van der Waals surface area contributed by atoms with Crippen molar-refractivity contribution < 1.29 is 19.1 Å². The zero-order valence-corrected chi connectivity index (χ0v) is 16.7. The molecular weight excluding hydrogens is 400 g/mol. The molecule has 0 fully saturated rings. The number of nitrogens with one attached hydrogen (secondary N) is 2. The summed E-state index contributed by atoms with van der Waals surface area (Å²) in [7, 11) is 2.99. The summed E-state index contributed by atoms with van der Waals surface area (Å²) < 4.78 is 10.3. The summed E-state index contributed by atoms with van der Waals surface area (Å²) in [5.41, 5.74) is 6.10. The largest absolute Gasteiger partial charge is 0.493 e. The summed E-state index contributed by atoms with van der Waals surface area (Å²) in [6, 6.07) is 15.6. The van der Waals surface area contributed by atoms with Crippen LogP contribution >= 0.6 is 22.9 Å². The fourth-order valence-corrected chi connectivity index (χ4v) is 3.49. The van der Waals surface area contributed by atoms with E-state index in [-0.39, 0.29) is 0 Å². The Labute approximate surface area is 171 Å². The van der Waals surface area contributed by atoms with E-state index in [0.29, 0.717) is 27.0 Å². The van der Waals surface area contributed by atoms with Crippen LogP contribution in [0.1, 0.15) is 20.0 Å². The van der Waals surface area contributed by atoms with Gasteiger partial charge in [-0.15, -0.1) is 11.3 Å². The monoisotopic (exact) mass is 416 g/mol. The third-order valence-corrected chi connectivity index (χ3v) is 5.28. The molecule has 3 aromatic rings. The molecule has 28 heavy (non-hydrogen) atoms. The number of carbonyl (C=O) groups is 2. The molecule has 0 radical (unpaired) electrons. The molecule has 0 saturated carbocycles. The topological polar surface area (TPSA) is 76.7 Å². The predicted octanol–water partition coefficient (Wildman–Crippen LogP) is 4.16. The minimum atomic E-state index is -0.469. The molecular formula is C20H17ClN2O4S. The standard InChI is InChI=1S/C20H17ClN2O4S/c1-26-15-8-5-13(11-16(15)27-2)19(24)22-23-20(25)18-10-9-17(28-18)12-3-6-14(21)7-4-12/h3-11H,1-2H3,(H,22,24)(H,23,25). The molecule has 0 atom stereocenters. The van der Waals surface area contributed by atoms with Crippen LogP contribution in [0.4, 0.5) is 0 Å². The highest BCUT2D eigenvalue weighted by Crippen LogP contribution is 2.29. The summed E-state index contributed by atoms with van der Waals surface area (Å²) in [4.78, 5) is 26.0. The van der Waals surface area contributed by atoms with Crippen molar-refractivity contribution in [1.29, 1.82) is 0 Å². The van der Waals surface area contributed by atoms with Crippen molar-refractivity contribution in [3.05, 3.63) is 70.1 Å². The van der Waals surface area contributed by atoms with Gasteiger partial charge in [-0.25, -0.2) is 0 Å². The maximum Gasteiger partial charge on any atom is 0.279 e. The fourth-order valence-electron chi connectivity index (χ4n) is 2.45. The van der Waals surface area contributed by atoms with Gasteiger partial charge in [-0.2, -0.15) is 0 Å². The second kappa shape index (κ2) is 8.77. The molecule has 1 heterocycles. The number of halogens is 1. The number of thiophene rings is 1. The highest BCUT2D eigenvalue weighted by molar-refractivity contribution is 7.17. The van der Waals surface area contributed by atoms with Crippen LogP contribution in [0.25, 0.3) is 10.4 Å². The van der Waals surface area contributed by atoms with Gasteiger partial charge in [-0.05, 0) is 48.0 Å². The minimum Gasteiger partial charge on any atom is -0.493 e. The molecule has 2 aromatic carbocycles. The molecule has 0 aliphatic rings. The van der Waals surface area contributed by atoms with Gasteiger partial charge in [-0.1, -0.05) is 23.7 Å². The molecule has 8 heteroatoms. The lowest BCUT2D eigenvalue weighted by Gasteiger charge is -2.10. The molecule has 0 aliphatic carbocycles. The Morgan fingerprint density at radius 3 is 2.21 bits per heavy atom. The van der Waals surface area contributed by atoms with Gasteiger partial charge in [-0.3, -0.25) is 20.4 Å². The number of ether oxygens (including phenoxy) is 2. The van der Waals surface area contributed by atoms with Crippen LogP contribution in [0.5, 0.6) is 11.5 Å². The van der Waals surface area contributed by atoms with Crippen LogP contribution in [-0.4, -0.2) is 26.0 Å². The molecule has 2 N–H and O–H groups in total. The summed E-state index contributed by atoms with van der Waals surface area (Å²) >= 11 is 7.21. The lowest BCUT2D eigenvalue weighted by atomic mass is 10.2. The first-order valence-corrected chi connectivity index (χ1v) is 9.39. The van der Waals surface area contributed by atoms with E-state index < -0.39 is 11.8 Å². The van der Waals surface area contributed by atoms with E-state index in [0.717, 1.165) is 10.4 Å². The number of benzene rings is 2. The number of carbonyl (C=O) groups excluding carboxylic acids is 2. The van der Waals surface area contributed by atoms with Gasteiger partial charge < -0.3 is 9.47 Å². The van der Waals surface area contributed by atoms with Crippen molar-refractivity contribution >= 4 is 34.8 Å². The quantitative estimate of drug-likeness (QED) is 0.612. The Hall–Kier alpha value is -3.03. The third-order valence-electron chi connectivity index (χ3n) is 3.89. The van der Waals surface area contributed by atoms with Crippen LogP contribution in [0, 0.1) is 0 Å². The van der Waals surface area contributed by atoms with E-state index in [4.69, 9.17) is 21.1 Å². The van der Waals surface area contributed by atoms with E-state index >= 15 is 0 Å². The van der Waals surface area contributed by atoms with E-state index in [1.54, 1.807) is 30.3 Å². The Morgan fingerprint density at radius 1 is 0.857 bits per heavy atom. The summed E-state index contributed by atoms with van der Waals surface area (Å²) in [5, 5.41) is 0.649. The number of hydrazine groups is 1. The molecule has 3 rings (SSSR count). The van der Waals surface area contributed by atoms with Crippen molar-refractivity contribution in [1.82, 2.24) is 10.9 Å². The van der Waals surface area contributed by atoms with Gasteiger partial charge in [0, 0.05) is 15.5 Å². The molecule has 2 amide bonds. The van der Waals surface area contributed by atoms with Gasteiger partial charge in [0.1, 0.15) is 0 Å². The molecule has 0 unspecified atom stereocenters. The highest BCUT2D eigenvalue weighted by Gasteiger charge is 2.14.